The van der Waals surface area contributed by atoms with Crippen LogP contribution in [-0.4, -0.2) is 22.1 Å². The lowest BCUT2D eigenvalue weighted by molar-refractivity contribution is 0.194. The Bertz CT molecular complexity index is 1280. The van der Waals surface area contributed by atoms with Crippen LogP contribution in [0.15, 0.2) is 91.1 Å². The molecule has 1 aliphatic rings. The summed E-state index contributed by atoms with van der Waals surface area (Å²) >= 11 is 0. The summed E-state index contributed by atoms with van der Waals surface area (Å²) in [5, 5.41) is 3.11. The molecule has 5 nitrogen and oxygen atoms in total. The zero-order valence-electron chi connectivity index (χ0n) is 19.6. The maximum Gasteiger partial charge on any atom is 0.322 e. The highest BCUT2D eigenvalue weighted by Crippen LogP contribution is 2.37. The molecule has 1 atom stereocenters. The third-order valence-electron chi connectivity index (χ3n) is 6.35. The maximum absolute atomic E-state index is 13.8. The Kier molecular flexibility index (Phi) is 6.09. The Morgan fingerprint density at radius 3 is 2.44 bits per heavy atom. The van der Waals surface area contributed by atoms with E-state index < -0.39 is 0 Å². The number of fused-ring (bicyclic) bond motifs is 3. The molecular formula is C29H29N3O2. The van der Waals surface area contributed by atoms with Crippen LogP contribution in [0.3, 0.4) is 0 Å². The molecule has 2 heterocycles. The van der Waals surface area contributed by atoms with E-state index in [9.17, 15) is 4.79 Å². The number of benzene rings is 3. The van der Waals surface area contributed by atoms with E-state index in [2.05, 4.69) is 65.5 Å². The van der Waals surface area contributed by atoms with Crippen LogP contribution in [0.1, 0.15) is 42.3 Å². The number of carbonyl (C=O) groups excluding carboxylic acids is 1. The Morgan fingerprint density at radius 1 is 0.941 bits per heavy atom. The summed E-state index contributed by atoms with van der Waals surface area (Å²) in [6, 6.07) is 28.2. The summed E-state index contributed by atoms with van der Waals surface area (Å²) in [7, 11) is 0. The molecule has 5 heteroatoms. The number of nitrogens with zero attached hydrogens (tertiary/aromatic N) is 2. The average molecular weight is 452 g/mol. The summed E-state index contributed by atoms with van der Waals surface area (Å²) in [5.74, 6) is 0.788. The van der Waals surface area contributed by atoms with Gasteiger partial charge in [-0.15, -0.1) is 0 Å². The second-order valence-corrected chi connectivity index (χ2v) is 8.44. The van der Waals surface area contributed by atoms with Gasteiger partial charge >= 0.3 is 6.03 Å². The number of carbonyl (C=O) groups is 1. The van der Waals surface area contributed by atoms with Gasteiger partial charge in [-0.1, -0.05) is 49.4 Å². The van der Waals surface area contributed by atoms with Gasteiger partial charge < -0.3 is 19.5 Å². The van der Waals surface area contributed by atoms with E-state index in [1.54, 1.807) is 0 Å². The average Bonchev–Trinajstić information content (AvgIpc) is 3.30. The van der Waals surface area contributed by atoms with Gasteiger partial charge in [0.2, 0.25) is 0 Å². The summed E-state index contributed by atoms with van der Waals surface area (Å²) in [6.07, 6.45) is 3.06. The van der Waals surface area contributed by atoms with Crippen molar-refractivity contribution in [3.05, 3.63) is 114 Å². The number of hydrogen-bond acceptors (Lipinski definition) is 2. The molecule has 2 amide bonds. The van der Waals surface area contributed by atoms with E-state index in [0.29, 0.717) is 13.2 Å². The molecule has 0 aliphatic carbocycles. The number of urea groups is 1. The van der Waals surface area contributed by atoms with Gasteiger partial charge in [0.05, 0.1) is 24.9 Å². The van der Waals surface area contributed by atoms with E-state index in [4.69, 9.17) is 4.74 Å². The first-order valence-corrected chi connectivity index (χ1v) is 11.8. The van der Waals surface area contributed by atoms with E-state index in [1.165, 1.54) is 5.56 Å². The van der Waals surface area contributed by atoms with Gasteiger partial charge in [0.15, 0.2) is 0 Å². The first-order chi connectivity index (χ1) is 16.7. The maximum atomic E-state index is 13.8. The molecule has 5 rings (SSSR count). The van der Waals surface area contributed by atoms with Crippen LogP contribution in [0.25, 0.3) is 5.69 Å². The Hall–Kier alpha value is -3.99. The van der Waals surface area contributed by atoms with Gasteiger partial charge in [-0.25, -0.2) is 4.79 Å². The largest absolute Gasteiger partial charge is 0.494 e. The number of amides is 2. The zero-order chi connectivity index (χ0) is 23.5. The molecule has 0 unspecified atom stereocenters. The standard InChI is InChI=1S/C29H29N3O2/c1-3-21-11-13-22(14-12-21)28-27-10-7-19-31(27)26-9-6-5-8-23(26)20-32(28)29(33)30-24-15-17-25(18-16-24)34-4-2/h5-19,28H,3-4,20H2,1-2H3,(H,30,33)/t28-/m1/s1. The molecule has 1 aliphatic heterocycles. The molecule has 3 aromatic carbocycles. The Labute approximate surface area is 200 Å². The van der Waals surface area contributed by atoms with Crippen molar-refractivity contribution in [2.75, 3.05) is 11.9 Å². The molecule has 0 saturated carbocycles. The minimum atomic E-state index is -0.226. The minimum Gasteiger partial charge on any atom is -0.494 e. The SMILES string of the molecule is CCOc1ccc(NC(=O)N2Cc3ccccc3-n3cccc3[C@H]2c2ccc(CC)cc2)cc1. The highest BCUT2D eigenvalue weighted by atomic mass is 16.5. The van der Waals surface area contributed by atoms with Crippen LogP contribution in [-0.2, 0) is 13.0 Å². The first-order valence-electron chi connectivity index (χ1n) is 11.8. The van der Waals surface area contributed by atoms with Crippen LogP contribution in [0.4, 0.5) is 10.5 Å². The van der Waals surface area contributed by atoms with Crippen LogP contribution in [0.2, 0.25) is 0 Å². The Morgan fingerprint density at radius 2 is 1.71 bits per heavy atom. The minimum absolute atomic E-state index is 0.141. The number of aromatic nitrogens is 1. The van der Waals surface area contributed by atoms with Crippen LogP contribution in [0.5, 0.6) is 5.75 Å². The fraction of sp³-hybridized carbons (Fsp3) is 0.207. The molecule has 4 aromatic rings. The summed E-state index contributed by atoms with van der Waals surface area (Å²) < 4.78 is 7.74. The summed E-state index contributed by atoms with van der Waals surface area (Å²) in [5.41, 5.74) is 6.38. The molecule has 0 saturated heterocycles. The van der Waals surface area contributed by atoms with Gasteiger partial charge in [0.1, 0.15) is 5.75 Å². The van der Waals surface area contributed by atoms with Crippen molar-refractivity contribution >= 4 is 11.7 Å². The van der Waals surface area contributed by atoms with Crippen molar-refractivity contribution in [1.82, 2.24) is 9.47 Å². The fourth-order valence-corrected chi connectivity index (χ4v) is 4.62. The van der Waals surface area contributed by atoms with Gasteiger partial charge in [-0.2, -0.15) is 0 Å². The summed E-state index contributed by atoms with van der Waals surface area (Å²) in [6.45, 7) is 5.22. The van der Waals surface area contributed by atoms with Crippen molar-refractivity contribution in [1.29, 1.82) is 0 Å². The summed E-state index contributed by atoms with van der Waals surface area (Å²) in [4.78, 5) is 15.7. The third kappa shape index (κ3) is 4.17. The van der Waals surface area contributed by atoms with Crippen LogP contribution >= 0.6 is 0 Å². The van der Waals surface area contributed by atoms with Gasteiger partial charge in [-0.05, 0) is 72.5 Å². The lowest BCUT2D eigenvalue weighted by Crippen LogP contribution is -2.37. The van der Waals surface area contributed by atoms with E-state index in [-0.39, 0.29) is 12.1 Å². The quantitative estimate of drug-likeness (QED) is 0.373. The number of ether oxygens (including phenoxy) is 1. The molecular weight excluding hydrogens is 422 g/mol. The molecule has 0 spiro atoms. The number of rotatable bonds is 5. The predicted octanol–water partition coefficient (Wildman–Crippen LogP) is 6.58. The van der Waals surface area contributed by atoms with E-state index in [1.807, 2.05) is 54.3 Å². The second kappa shape index (κ2) is 9.48. The molecule has 0 fully saturated rings. The van der Waals surface area contributed by atoms with Crippen molar-refractivity contribution in [3.8, 4) is 11.4 Å². The highest BCUT2D eigenvalue weighted by Gasteiger charge is 2.33. The number of para-hydroxylation sites is 1. The van der Waals surface area contributed by atoms with Crippen LogP contribution in [0, 0.1) is 0 Å². The van der Waals surface area contributed by atoms with Crippen molar-refractivity contribution in [3.63, 3.8) is 0 Å². The molecule has 0 radical (unpaired) electrons. The normalized spacial score (nSPS) is 14.6. The van der Waals surface area contributed by atoms with E-state index in [0.717, 1.165) is 40.4 Å². The van der Waals surface area contributed by atoms with Crippen LogP contribution < -0.4 is 10.1 Å². The topological polar surface area (TPSA) is 46.5 Å². The third-order valence-corrected chi connectivity index (χ3v) is 6.35. The lowest BCUT2D eigenvalue weighted by atomic mass is 10.00. The molecule has 172 valence electrons. The predicted molar refractivity (Wildman–Crippen MR) is 136 cm³/mol. The van der Waals surface area contributed by atoms with Gasteiger partial charge in [0.25, 0.3) is 0 Å². The fourth-order valence-electron chi connectivity index (χ4n) is 4.62. The monoisotopic (exact) mass is 451 g/mol. The van der Waals surface area contributed by atoms with Crippen molar-refractivity contribution < 1.29 is 9.53 Å². The highest BCUT2D eigenvalue weighted by molar-refractivity contribution is 5.90. The molecule has 1 aromatic heterocycles. The number of hydrogen-bond donors (Lipinski definition) is 1. The van der Waals surface area contributed by atoms with Gasteiger partial charge in [0, 0.05) is 17.6 Å². The lowest BCUT2D eigenvalue weighted by Gasteiger charge is -2.31. The van der Waals surface area contributed by atoms with Crippen molar-refractivity contribution in [2.24, 2.45) is 0 Å². The first kappa shape index (κ1) is 21.8. The number of aryl methyl sites for hydroxylation is 1. The molecule has 0 bridgehead atoms. The zero-order valence-corrected chi connectivity index (χ0v) is 19.6. The van der Waals surface area contributed by atoms with Gasteiger partial charge in [-0.3, -0.25) is 0 Å². The smallest absolute Gasteiger partial charge is 0.322 e. The second-order valence-electron chi connectivity index (χ2n) is 8.44. The molecule has 1 N–H and O–H groups in total. The molecule has 34 heavy (non-hydrogen) atoms. The van der Waals surface area contributed by atoms with Crippen molar-refractivity contribution in [2.45, 2.75) is 32.9 Å². The number of anilines is 1. The number of nitrogens with one attached hydrogen (secondary N) is 1. The Balaban J connectivity index is 1.55. The van der Waals surface area contributed by atoms with E-state index >= 15 is 0 Å².